The van der Waals surface area contributed by atoms with E-state index < -0.39 is 4.92 Å². The molecule has 0 amide bonds. The average Bonchev–Trinajstić information content (AvgIpc) is 2.26. The minimum absolute atomic E-state index is 0.103. The van der Waals surface area contributed by atoms with Crippen LogP contribution in [0.3, 0.4) is 0 Å². The third-order valence-electron chi connectivity index (χ3n) is 2.14. The van der Waals surface area contributed by atoms with Gasteiger partial charge in [0.05, 0.1) is 17.1 Å². The zero-order valence-corrected chi connectivity index (χ0v) is 9.82. The fraction of sp³-hybridized carbons (Fsp3) is 0.273. The summed E-state index contributed by atoms with van der Waals surface area (Å²) in [7, 11) is 1.50. The molecule has 0 unspecified atom stereocenters. The van der Waals surface area contributed by atoms with Crippen LogP contribution in [0.5, 0.6) is 5.75 Å². The third kappa shape index (κ3) is 2.73. The number of ether oxygens (including phenoxy) is 1. The predicted octanol–water partition coefficient (Wildman–Crippen LogP) is 3.38. The SMILES string of the molecule is CC/C(=C/c1c(Cl)cccc1OC)[N+](=O)[O-]. The van der Waals surface area contributed by atoms with Crippen molar-refractivity contribution in [3.8, 4) is 5.75 Å². The topological polar surface area (TPSA) is 52.4 Å². The van der Waals surface area contributed by atoms with Gasteiger partial charge in [-0.1, -0.05) is 24.6 Å². The first kappa shape index (κ1) is 12.5. The van der Waals surface area contributed by atoms with E-state index in [1.807, 2.05) is 0 Å². The van der Waals surface area contributed by atoms with E-state index in [4.69, 9.17) is 16.3 Å². The van der Waals surface area contributed by atoms with Gasteiger partial charge in [-0.25, -0.2) is 0 Å². The van der Waals surface area contributed by atoms with Gasteiger partial charge in [-0.15, -0.1) is 0 Å². The zero-order valence-electron chi connectivity index (χ0n) is 9.07. The summed E-state index contributed by atoms with van der Waals surface area (Å²) in [6, 6.07) is 5.12. The molecule has 0 bridgehead atoms. The molecule has 1 aromatic carbocycles. The quantitative estimate of drug-likeness (QED) is 0.600. The lowest BCUT2D eigenvalue weighted by atomic mass is 10.1. The number of halogens is 1. The number of rotatable bonds is 4. The Morgan fingerprint density at radius 3 is 2.81 bits per heavy atom. The lowest BCUT2D eigenvalue weighted by molar-refractivity contribution is -0.425. The molecule has 16 heavy (non-hydrogen) atoms. The molecular weight excluding hydrogens is 230 g/mol. The molecule has 0 atom stereocenters. The highest BCUT2D eigenvalue weighted by Gasteiger charge is 2.12. The summed E-state index contributed by atoms with van der Waals surface area (Å²) in [6.07, 6.45) is 1.78. The Balaban J connectivity index is 3.26. The second-order valence-electron chi connectivity index (χ2n) is 3.10. The summed E-state index contributed by atoms with van der Waals surface area (Å²) in [6.45, 7) is 1.72. The average molecular weight is 242 g/mol. The lowest BCUT2D eigenvalue weighted by Gasteiger charge is -2.06. The highest BCUT2D eigenvalue weighted by molar-refractivity contribution is 6.32. The molecule has 0 heterocycles. The van der Waals surface area contributed by atoms with E-state index >= 15 is 0 Å². The van der Waals surface area contributed by atoms with Crippen molar-refractivity contribution < 1.29 is 9.66 Å². The normalized spacial score (nSPS) is 11.3. The maximum absolute atomic E-state index is 10.7. The molecular formula is C11H12ClNO3. The molecule has 1 aromatic rings. The summed E-state index contributed by atoms with van der Waals surface area (Å²) < 4.78 is 5.10. The maximum Gasteiger partial charge on any atom is 0.246 e. The second-order valence-corrected chi connectivity index (χ2v) is 3.51. The fourth-order valence-corrected chi connectivity index (χ4v) is 1.51. The summed E-state index contributed by atoms with van der Waals surface area (Å²) in [4.78, 5) is 10.3. The van der Waals surface area contributed by atoms with Crippen LogP contribution in [0.1, 0.15) is 18.9 Å². The summed E-state index contributed by atoms with van der Waals surface area (Å²) in [5.74, 6) is 0.528. The maximum atomic E-state index is 10.7. The van der Waals surface area contributed by atoms with Crippen molar-refractivity contribution in [3.63, 3.8) is 0 Å². The van der Waals surface area contributed by atoms with Gasteiger partial charge < -0.3 is 4.74 Å². The molecule has 0 N–H and O–H groups in total. The zero-order chi connectivity index (χ0) is 12.1. The first-order chi connectivity index (χ1) is 7.60. The molecule has 4 nitrogen and oxygen atoms in total. The van der Waals surface area contributed by atoms with Crippen molar-refractivity contribution in [1.82, 2.24) is 0 Å². The molecule has 0 saturated heterocycles. The van der Waals surface area contributed by atoms with Gasteiger partial charge in [0, 0.05) is 18.1 Å². The number of nitrogens with zero attached hydrogens (tertiary/aromatic N) is 1. The van der Waals surface area contributed by atoms with Crippen LogP contribution in [0, 0.1) is 10.1 Å². The Hall–Kier alpha value is -1.55. The summed E-state index contributed by atoms with van der Waals surface area (Å²) >= 11 is 5.97. The van der Waals surface area contributed by atoms with Crippen LogP contribution in [-0.2, 0) is 0 Å². The molecule has 0 radical (unpaired) electrons. The van der Waals surface area contributed by atoms with Gasteiger partial charge in [0.1, 0.15) is 5.75 Å². The third-order valence-corrected chi connectivity index (χ3v) is 2.47. The van der Waals surface area contributed by atoms with E-state index in [9.17, 15) is 10.1 Å². The summed E-state index contributed by atoms with van der Waals surface area (Å²) in [5, 5.41) is 11.1. The first-order valence-electron chi connectivity index (χ1n) is 4.77. The van der Waals surface area contributed by atoms with Gasteiger partial charge in [-0.3, -0.25) is 10.1 Å². The largest absolute Gasteiger partial charge is 0.496 e. The molecule has 0 aliphatic heterocycles. The highest BCUT2D eigenvalue weighted by Crippen LogP contribution is 2.29. The van der Waals surface area contributed by atoms with Crippen LogP contribution in [0.2, 0.25) is 5.02 Å². The van der Waals surface area contributed by atoms with Crippen molar-refractivity contribution in [1.29, 1.82) is 0 Å². The molecule has 0 aliphatic rings. The van der Waals surface area contributed by atoms with Crippen LogP contribution in [0.4, 0.5) is 0 Å². The van der Waals surface area contributed by atoms with Crippen LogP contribution in [0.15, 0.2) is 23.9 Å². The molecule has 5 heteroatoms. The molecule has 0 spiro atoms. The number of benzene rings is 1. The number of nitro groups is 1. The number of hydrogen-bond acceptors (Lipinski definition) is 3. The Morgan fingerprint density at radius 2 is 2.31 bits per heavy atom. The number of allylic oxidation sites excluding steroid dienone is 1. The van der Waals surface area contributed by atoms with E-state index in [1.54, 1.807) is 25.1 Å². The second kappa shape index (κ2) is 5.51. The van der Waals surface area contributed by atoms with Gasteiger partial charge >= 0.3 is 0 Å². The van der Waals surface area contributed by atoms with Crippen LogP contribution in [0.25, 0.3) is 6.08 Å². The molecule has 86 valence electrons. The van der Waals surface area contributed by atoms with E-state index in [2.05, 4.69) is 0 Å². The lowest BCUT2D eigenvalue weighted by Crippen LogP contribution is -1.97. The van der Waals surface area contributed by atoms with Crippen molar-refractivity contribution >= 4 is 17.7 Å². The Bertz CT molecular complexity index is 429. The Labute approximate surface area is 98.6 Å². The van der Waals surface area contributed by atoms with Gasteiger partial charge in [0.15, 0.2) is 0 Å². The van der Waals surface area contributed by atoms with Crippen molar-refractivity contribution in [2.24, 2.45) is 0 Å². The standard InChI is InChI=1S/C11H12ClNO3/c1-3-8(13(14)15)7-9-10(12)5-4-6-11(9)16-2/h4-7H,3H2,1-2H3/b8-7-. The van der Waals surface area contributed by atoms with Crippen molar-refractivity contribution in [2.75, 3.05) is 7.11 Å². The Kier molecular flexibility index (Phi) is 4.31. The molecule has 0 aliphatic carbocycles. The molecule has 0 fully saturated rings. The minimum atomic E-state index is -0.414. The summed E-state index contributed by atoms with van der Waals surface area (Å²) in [5.41, 5.74) is 0.645. The number of methoxy groups -OCH3 is 1. The smallest absolute Gasteiger partial charge is 0.246 e. The van der Waals surface area contributed by atoms with Crippen molar-refractivity contribution in [3.05, 3.63) is 44.6 Å². The number of hydrogen-bond donors (Lipinski definition) is 0. The minimum Gasteiger partial charge on any atom is -0.496 e. The van der Waals surface area contributed by atoms with Crippen molar-refractivity contribution in [2.45, 2.75) is 13.3 Å². The van der Waals surface area contributed by atoms with Crippen LogP contribution < -0.4 is 4.74 Å². The first-order valence-corrected chi connectivity index (χ1v) is 5.15. The van der Waals surface area contributed by atoms with E-state index in [0.29, 0.717) is 22.8 Å². The van der Waals surface area contributed by atoms with Crippen LogP contribution in [-0.4, -0.2) is 12.0 Å². The fourth-order valence-electron chi connectivity index (χ4n) is 1.29. The molecule has 1 rings (SSSR count). The van der Waals surface area contributed by atoms with Gasteiger partial charge in [0.2, 0.25) is 5.70 Å². The Morgan fingerprint density at radius 1 is 1.62 bits per heavy atom. The van der Waals surface area contributed by atoms with E-state index in [0.717, 1.165) is 0 Å². The van der Waals surface area contributed by atoms with E-state index in [-0.39, 0.29) is 5.70 Å². The predicted molar refractivity (Wildman–Crippen MR) is 63.3 cm³/mol. The monoisotopic (exact) mass is 241 g/mol. The van der Waals surface area contributed by atoms with E-state index in [1.165, 1.54) is 13.2 Å². The molecule has 0 saturated carbocycles. The van der Waals surface area contributed by atoms with Gasteiger partial charge in [-0.2, -0.15) is 0 Å². The highest BCUT2D eigenvalue weighted by atomic mass is 35.5. The molecule has 0 aromatic heterocycles. The van der Waals surface area contributed by atoms with Gasteiger partial charge in [0.25, 0.3) is 0 Å². The van der Waals surface area contributed by atoms with Crippen LogP contribution >= 0.6 is 11.6 Å². The van der Waals surface area contributed by atoms with Gasteiger partial charge in [-0.05, 0) is 12.1 Å².